The lowest BCUT2D eigenvalue weighted by Crippen LogP contribution is -2.20. The van der Waals surface area contributed by atoms with Gasteiger partial charge in [-0.15, -0.1) is 0 Å². The van der Waals surface area contributed by atoms with Crippen LogP contribution in [0.2, 0.25) is 0 Å². The van der Waals surface area contributed by atoms with Crippen molar-refractivity contribution >= 4 is 20.7 Å². The van der Waals surface area contributed by atoms with Crippen LogP contribution in [0, 0.1) is 6.92 Å². The SMILES string of the molecule is Cc1cc(COc2ccc(S(=O)(=O)CC(O)C=C3CCOCC3)cc2)c2ccccc2n1. The molecule has 0 saturated carbocycles. The van der Waals surface area contributed by atoms with E-state index in [1.165, 1.54) is 12.1 Å². The number of pyridine rings is 1. The first-order chi connectivity index (χ1) is 15.4. The summed E-state index contributed by atoms with van der Waals surface area (Å²) in [4.78, 5) is 4.70. The summed E-state index contributed by atoms with van der Waals surface area (Å²) in [5.74, 6) is 0.229. The fraction of sp³-hybridized carbons (Fsp3) is 0.320. The molecule has 7 heteroatoms. The molecule has 32 heavy (non-hydrogen) atoms. The monoisotopic (exact) mass is 453 g/mol. The molecule has 1 unspecified atom stereocenters. The van der Waals surface area contributed by atoms with Crippen molar-refractivity contribution < 1.29 is 23.0 Å². The number of benzene rings is 2. The van der Waals surface area contributed by atoms with Crippen LogP contribution in [0.25, 0.3) is 10.9 Å². The molecule has 1 atom stereocenters. The molecule has 0 bridgehead atoms. The topological polar surface area (TPSA) is 85.7 Å². The molecule has 6 nitrogen and oxygen atoms in total. The molecule has 4 rings (SSSR count). The van der Waals surface area contributed by atoms with Crippen molar-refractivity contribution in [3.05, 3.63) is 77.5 Å². The lowest BCUT2D eigenvalue weighted by Gasteiger charge is -2.16. The van der Waals surface area contributed by atoms with Gasteiger partial charge in [0.05, 0.1) is 35.5 Å². The summed E-state index contributed by atoms with van der Waals surface area (Å²) >= 11 is 0. The molecular formula is C25H27NO5S. The third-order valence-electron chi connectivity index (χ3n) is 5.46. The van der Waals surface area contributed by atoms with Gasteiger partial charge in [-0.25, -0.2) is 8.42 Å². The predicted octanol–water partition coefficient (Wildman–Crippen LogP) is 3.99. The van der Waals surface area contributed by atoms with Crippen molar-refractivity contribution in [1.29, 1.82) is 0 Å². The first-order valence-corrected chi connectivity index (χ1v) is 12.3. The van der Waals surface area contributed by atoms with Crippen molar-refractivity contribution in [3.8, 4) is 5.75 Å². The van der Waals surface area contributed by atoms with Gasteiger partial charge in [-0.2, -0.15) is 0 Å². The second-order valence-corrected chi connectivity index (χ2v) is 10.0. The maximum absolute atomic E-state index is 12.7. The molecule has 0 radical (unpaired) electrons. The fourth-order valence-corrected chi connectivity index (χ4v) is 5.15. The van der Waals surface area contributed by atoms with Crippen LogP contribution in [0.15, 0.2) is 71.1 Å². The standard InChI is InChI=1S/C25H27NO5S/c1-18-14-20(24-4-2-3-5-25(24)26-18)16-31-22-6-8-23(9-7-22)32(28,29)17-21(27)15-19-10-12-30-13-11-19/h2-9,14-15,21,27H,10-13,16-17H2,1H3. The van der Waals surface area contributed by atoms with E-state index in [4.69, 9.17) is 9.47 Å². The first kappa shape index (κ1) is 22.5. The van der Waals surface area contributed by atoms with Crippen molar-refractivity contribution in [2.45, 2.75) is 37.4 Å². The smallest absolute Gasteiger partial charge is 0.181 e. The van der Waals surface area contributed by atoms with Crippen molar-refractivity contribution in [3.63, 3.8) is 0 Å². The number of para-hydroxylation sites is 1. The maximum atomic E-state index is 12.7. The Hall–Kier alpha value is -2.74. The van der Waals surface area contributed by atoms with Gasteiger partial charge in [0.2, 0.25) is 0 Å². The summed E-state index contributed by atoms with van der Waals surface area (Å²) in [6.45, 7) is 3.53. The summed E-state index contributed by atoms with van der Waals surface area (Å²) in [5, 5.41) is 11.3. The first-order valence-electron chi connectivity index (χ1n) is 10.7. The minimum Gasteiger partial charge on any atom is -0.489 e. The van der Waals surface area contributed by atoms with Crippen LogP contribution < -0.4 is 4.74 Å². The van der Waals surface area contributed by atoms with Gasteiger partial charge >= 0.3 is 0 Å². The van der Waals surface area contributed by atoms with Crippen molar-refractivity contribution in [2.75, 3.05) is 19.0 Å². The molecule has 1 aliphatic heterocycles. The molecule has 2 aromatic carbocycles. The molecule has 1 N–H and O–H groups in total. The van der Waals surface area contributed by atoms with Gasteiger partial charge in [-0.05, 0) is 56.2 Å². The van der Waals surface area contributed by atoms with E-state index in [2.05, 4.69) is 4.98 Å². The second kappa shape index (κ2) is 9.81. The van der Waals surface area contributed by atoms with Gasteiger partial charge in [0.25, 0.3) is 0 Å². The zero-order valence-electron chi connectivity index (χ0n) is 18.0. The third-order valence-corrected chi connectivity index (χ3v) is 7.23. The Morgan fingerprint density at radius 2 is 1.84 bits per heavy atom. The summed E-state index contributed by atoms with van der Waals surface area (Å²) in [5.41, 5.74) is 3.90. The lowest BCUT2D eigenvalue weighted by molar-refractivity contribution is 0.118. The third kappa shape index (κ3) is 5.54. The van der Waals surface area contributed by atoms with Gasteiger partial charge in [0, 0.05) is 16.6 Å². The molecule has 2 heterocycles. The summed E-state index contributed by atoms with van der Waals surface area (Å²) < 4.78 is 36.6. The Morgan fingerprint density at radius 3 is 2.59 bits per heavy atom. The average molecular weight is 454 g/mol. The molecule has 0 amide bonds. The second-order valence-electron chi connectivity index (χ2n) is 7.99. The maximum Gasteiger partial charge on any atom is 0.181 e. The molecule has 1 aromatic heterocycles. The van der Waals surface area contributed by atoms with Crippen LogP contribution in [0.3, 0.4) is 0 Å². The normalized spacial score (nSPS) is 15.5. The number of fused-ring (bicyclic) bond motifs is 1. The number of hydrogen-bond donors (Lipinski definition) is 1. The molecule has 1 fully saturated rings. The van der Waals surface area contributed by atoms with Crippen LogP contribution in [-0.4, -0.2) is 43.6 Å². The van der Waals surface area contributed by atoms with Gasteiger partial charge in [-0.3, -0.25) is 4.98 Å². The molecule has 1 aliphatic rings. The van der Waals surface area contributed by atoms with Gasteiger partial charge in [0.1, 0.15) is 12.4 Å². The average Bonchev–Trinajstić information content (AvgIpc) is 2.78. The number of aryl methyl sites for hydroxylation is 1. The van der Waals surface area contributed by atoms with Gasteiger partial charge in [0.15, 0.2) is 9.84 Å². The number of nitrogens with zero attached hydrogens (tertiary/aromatic N) is 1. The summed E-state index contributed by atoms with van der Waals surface area (Å²) in [7, 11) is -3.62. The Kier molecular flexibility index (Phi) is 6.89. The highest BCUT2D eigenvalue weighted by Crippen LogP contribution is 2.23. The molecule has 168 valence electrons. The highest BCUT2D eigenvalue weighted by molar-refractivity contribution is 7.91. The van der Waals surface area contributed by atoms with E-state index in [1.54, 1.807) is 18.2 Å². The van der Waals surface area contributed by atoms with Gasteiger partial charge in [-0.1, -0.05) is 29.8 Å². The highest BCUT2D eigenvalue weighted by atomic mass is 32.2. The van der Waals surface area contributed by atoms with E-state index in [0.29, 0.717) is 25.6 Å². The predicted molar refractivity (Wildman–Crippen MR) is 123 cm³/mol. The summed E-state index contributed by atoms with van der Waals surface area (Å²) in [6, 6.07) is 16.2. The van der Waals surface area contributed by atoms with Crippen LogP contribution >= 0.6 is 0 Å². The fourth-order valence-electron chi connectivity index (χ4n) is 3.86. The summed E-state index contributed by atoms with van der Waals surface area (Å²) in [6.07, 6.45) is 2.08. The quantitative estimate of drug-likeness (QED) is 0.545. The van der Waals surface area contributed by atoms with E-state index in [9.17, 15) is 13.5 Å². The van der Waals surface area contributed by atoms with Crippen LogP contribution in [0.5, 0.6) is 5.75 Å². The number of rotatable bonds is 7. The van der Waals surface area contributed by atoms with E-state index in [1.807, 2.05) is 37.3 Å². The number of aliphatic hydroxyl groups is 1. The van der Waals surface area contributed by atoms with E-state index < -0.39 is 15.9 Å². The number of aromatic nitrogens is 1. The lowest BCUT2D eigenvalue weighted by atomic mass is 10.1. The largest absolute Gasteiger partial charge is 0.489 e. The van der Waals surface area contributed by atoms with Gasteiger partial charge < -0.3 is 14.6 Å². The minimum atomic E-state index is -3.62. The van der Waals surface area contributed by atoms with E-state index in [-0.39, 0.29) is 10.6 Å². The Bertz CT molecular complexity index is 1210. The van der Waals surface area contributed by atoms with Crippen molar-refractivity contribution in [2.24, 2.45) is 0 Å². The van der Waals surface area contributed by atoms with E-state index in [0.717, 1.165) is 40.6 Å². The zero-order valence-corrected chi connectivity index (χ0v) is 18.8. The Morgan fingerprint density at radius 1 is 1.12 bits per heavy atom. The Balaban J connectivity index is 1.42. The molecule has 1 saturated heterocycles. The van der Waals surface area contributed by atoms with Crippen LogP contribution in [0.4, 0.5) is 0 Å². The molecule has 0 spiro atoms. The number of aliphatic hydroxyl groups excluding tert-OH is 1. The highest BCUT2D eigenvalue weighted by Gasteiger charge is 2.20. The zero-order chi connectivity index (χ0) is 22.6. The van der Waals surface area contributed by atoms with Crippen LogP contribution in [0.1, 0.15) is 24.1 Å². The Labute approximate surface area is 188 Å². The molecule has 0 aliphatic carbocycles. The number of sulfone groups is 1. The molecular weight excluding hydrogens is 426 g/mol. The van der Waals surface area contributed by atoms with Crippen LogP contribution in [-0.2, 0) is 21.2 Å². The minimum absolute atomic E-state index is 0.166. The number of ether oxygens (including phenoxy) is 2. The molecule has 3 aromatic rings. The van der Waals surface area contributed by atoms with Crippen molar-refractivity contribution in [1.82, 2.24) is 4.98 Å². The number of hydrogen-bond acceptors (Lipinski definition) is 6. The van der Waals surface area contributed by atoms with E-state index >= 15 is 0 Å².